The van der Waals surface area contributed by atoms with Crippen molar-refractivity contribution in [1.82, 2.24) is 19.6 Å². The molecule has 2 aliphatic heterocycles. The standard InChI is InChI=1S/C67H122N4O11S3/c1-8-11-14-17-20-23-26-29-32-35-38-41-44-59(83)80-51-55(72)47-70-64(77)68(62(75)66(70,4)5)49-58(79-53-57(74)54-82-61(85)46-43-40-37-34-31-28-25-22-19-16-13-10-3)50-69-63(76)67(6,7)71(65(69)78)48-56(73)52-81-60(84)45-42-39-36-33-30-27-24-21-18-15-12-9-2/h55-58,72-74H,8-54H2,1-7H3. The van der Waals surface area contributed by atoms with Crippen molar-refractivity contribution in [2.24, 2.45) is 0 Å². The van der Waals surface area contributed by atoms with Gasteiger partial charge in [0.05, 0.1) is 38.9 Å². The number of β-amino-alcohol motifs (C(OH)–C–C–N with tert-alkyl or cyclic N) is 2. The predicted octanol–water partition coefficient (Wildman–Crippen LogP) is 15.8. The number of unbranched alkanes of at least 4 members (excludes halogenated alkanes) is 33. The summed E-state index contributed by atoms with van der Waals surface area (Å²) in [5.74, 6) is -1.15. The van der Waals surface area contributed by atoms with Crippen molar-refractivity contribution in [1.29, 1.82) is 0 Å². The Bertz CT molecular complexity index is 1760. The van der Waals surface area contributed by atoms with Crippen LogP contribution in [0.5, 0.6) is 0 Å². The number of nitrogens with zero attached hydrogens (tertiary/aromatic N) is 4. The van der Waals surface area contributed by atoms with Gasteiger partial charge in [-0.1, -0.05) is 233 Å². The average molecular weight is 1260 g/mol. The second-order valence-corrected chi connectivity index (χ2v) is 27.0. The van der Waals surface area contributed by atoms with Crippen molar-refractivity contribution >= 4 is 75.7 Å². The molecule has 0 spiro atoms. The highest BCUT2D eigenvalue weighted by molar-refractivity contribution is 7.80. The summed E-state index contributed by atoms with van der Waals surface area (Å²) in [5, 5.41) is 34.6. The zero-order chi connectivity index (χ0) is 62.7. The fourth-order valence-corrected chi connectivity index (χ4v) is 11.9. The van der Waals surface area contributed by atoms with Gasteiger partial charge in [0.1, 0.15) is 49.2 Å². The van der Waals surface area contributed by atoms with Crippen LogP contribution in [0, 0.1) is 0 Å². The number of amides is 6. The molecule has 18 heteroatoms. The third-order valence-corrected chi connectivity index (χ3v) is 17.9. The Labute approximate surface area is 532 Å². The Morgan fingerprint density at radius 3 is 0.859 bits per heavy atom. The molecular formula is C67H122N4O11S3. The van der Waals surface area contributed by atoms with Gasteiger partial charge in [0, 0.05) is 19.3 Å². The molecule has 0 aromatic heterocycles. The minimum absolute atomic E-state index is 0.155. The summed E-state index contributed by atoms with van der Waals surface area (Å²) in [7, 11) is 0. The first-order valence-corrected chi connectivity index (χ1v) is 35.4. The Morgan fingerprint density at radius 2 is 0.600 bits per heavy atom. The zero-order valence-corrected chi connectivity index (χ0v) is 57.1. The van der Waals surface area contributed by atoms with Crippen LogP contribution in [0.15, 0.2) is 0 Å². The topological polar surface area (TPSA) is 179 Å². The normalized spacial score (nSPS) is 16.4. The summed E-state index contributed by atoms with van der Waals surface area (Å²) in [4.78, 5) is 61.4. The first-order valence-electron chi connectivity index (χ1n) is 34.2. The number of hydrogen-bond donors (Lipinski definition) is 3. The summed E-state index contributed by atoms with van der Waals surface area (Å²) < 4.78 is 23.5. The molecule has 0 radical (unpaired) electrons. The lowest BCUT2D eigenvalue weighted by Crippen LogP contribution is -2.48. The zero-order valence-electron chi connectivity index (χ0n) is 54.7. The number of aliphatic hydroxyl groups excluding tert-OH is 3. The Hall–Kier alpha value is -2.61. The quantitative estimate of drug-likeness (QED) is 0.0297. The highest BCUT2D eigenvalue weighted by atomic mass is 32.1. The van der Waals surface area contributed by atoms with E-state index in [0.717, 1.165) is 67.6 Å². The maximum Gasteiger partial charge on any atom is 0.327 e. The predicted molar refractivity (Wildman–Crippen MR) is 356 cm³/mol. The van der Waals surface area contributed by atoms with E-state index in [4.69, 9.17) is 55.6 Å². The van der Waals surface area contributed by atoms with Crippen LogP contribution in [0.1, 0.15) is 299 Å². The van der Waals surface area contributed by atoms with Gasteiger partial charge in [-0.2, -0.15) is 0 Å². The van der Waals surface area contributed by atoms with Gasteiger partial charge in [-0.15, -0.1) is 0 Å². The lowest BCUT2D eigenvalue weighted by molar-refractivity contribution is -0.135. The molecule has 0 aromatic rings. The second-order valence-electron chi connectivity index (χ2n) is 25.6. The van der Waals surface area contributed by atoms with E-state index < -0.39 is 59.4 Å². The van der Waals surface area contributed by atoms with Crippen LogP contribution in [0.3, 0.4) is 0 Å². The van der Waals surface area contributed by atoms with Gasteiger partial charge in [0.25, 0.3) is 11.8 Å². The van der Waals surface area contributed by atoms with Gasteiger partial charge in [-0.05, 0) is 83.6 Å². The number of ether oxygens (including phenoxy) is 4. The molecule has 2 rings (SSSR count). The van der Waals surface area contributed by atoms with E-state index in [1.807, 2.05) is 0 Å². The van der Waals surface area contributed by atoms with Crippen molar-refractivity contribution in [2.45, 2.75) is 334 Å². The average Bonchev–Trinajstić information content (AvgIpc) is 3.91. The molecule has 3 atom stereocenters. The Kier molecular flexibility index (Phi) is 43.7. The van der Waals surface area contributed by atoms with E-state index in [0.29, 0.717) is 34.4 Å². The molecular weight excluding hydrogens is 1130 g/mol. The highest BCUT2D eigenvalue weighted by Gasteiger charge is 2.54. The smallest absolute Gasteiger partial charge is 0.327 e. The van der Waals surface area contributed by atoms with Crippen LogP contribution in [-0.2, 0) is 28.5 Å². The summed E-state index contributed by atoms with van der Waals surface area (Å²) in [6.45, 7) is 11.1. The fourth-order valence-electron chi connectivity index (χ4n) is 11.3. The minimum Gasteiger partial charge on any atom is -0.484 e. The molecule has 3 N–H and O–H groups in total. The van der Waals surface area contributed by atoms with Gasteiger partial charge in [0.2, 0.25) is 0 Å². The number of urea groups is 2. The molecule has 0 saturated carbocycles. The van der Waals surface area contributed by atoms with Gasteiger partial charge in [-0.25, -0.2) is 9.59 Å². The molecule has 2 aliphatic rings. The molecule has 2 saturated heterocycles. The molecule has 2 heterocycles. The van der Waals surface area contributed by atoms with Crippen LogP contribution in [0.4, 0.5) is 9.59 Å². The largest absolute Gasteiger partial charge is 0.484 e. The lowest BCUT2D eigenvalue weighted by Gasteiger charge is -2.29. The summed E-state index contributed by atoms with van der Waals surface area (Å²) in [6, 6.07) is -1.40. The van der Waals surface area contributed by atoms with Crippen molar-refractivity contribution < 1.29 is 53.4 Å². The molecule has 494 valence electrons. The maximum atomic E-state index is 14.2. The van der Waals surface area contributed by atoms with Gasteiger partial charge < -0.3 is 44.1 Å². The highest BCUT2D eigenvalue weighted by Crippen LogP contribution is 2.32. The summed E-state index contributed by atoms with van der Waals surface area (Å²) in [6.07, 6.45) is 41.3. The first kappa shape index (κ1) is 78.5. The number of thiocarbonyl (C=S) groups is 3. The van der Waals surface area contributed by atoms with E-state index in [1.165, 1.54) is 183 Å². The van der Waals surface area contributed by atoms with Crippen molar-refractivity contribution in [3.63, 3.8) is 0 Å². The number of imide groups is 2. The molecule has 85 heavy (non-hydrogen) atoms. The van der Waals surface area contributed by atoms with Crippen LogP contribution >= 0.6 is 36.7 Å². The molecule has 2 fully saturated rings. The second kappa shape index (κ2) is 47.4. The SMILES string of the molecule is CCCCCCCCCCCCCCC(=S)OCC(O)COC(CN1C(=O)N(CC(O)COC(=S)CCCCCCCCCCCCCC)C(C)(C)C1=O)CN1C(=O)N(CC(O)COC(=S)CCCCCCCCCCCCCC)C(C)(C)C1=O. The number of carbonyl (C=O) groups is 4. The van der Waals surface area contributed by atoms with Crippen LogP contribution in [-0.4, -0.2) is 162 Å². The third kappa shape index (κ3) is 33.7. The summed E-state index contributed by atoms with van der Waals surface area (Å²) >= 11 is 16.5. The van der Waals surface area contributed by atoms with Gasteiger partial charge in [0.15, 0.2) is 15.2 Å². The minimum atomic E-state index is -1.39. The van der Waals surface area contributed by atoms with E-state index in [9.17, 15) is 34.5 Å². The van der Waals surface area contributed by atoms with Crippen molar-refractivity contribution in [2.75, 3.05) is 52.6 Å². The molecule has 0 aromatic carbocycles. The van der Waals surface area contributed by atoms with Crippen LogP contribution < -0.4 is 0 Å². The number of aliphatic hydroxyl groups is 3. The number of carbonyl (C=O) groups excluding carboxylic acids is 4. The van der Waals surface area contributed by atoms with Gasteiger partial charge in [-0.3, -0.25) is 19.4 Å². The van der Waals surface area contributed by atoms with E-state index in [2.05, 4.69) is 20.8 Å². The first-order chi connectivity index (χ1) is 40.8. The monoisotopic (exact) mass is 1250 g/mol. The number of rotatable bonds is 56. The van der Waals surface area contributed by atoms with Crippen molar-refractivity contribution in [3.05, 3.63) is 0 Å². The lowest BCUT2D eigenvalue weighted by atomic mass is 10.0. The third-order valence-electron chi connectivity index (χ3n) is 16.9. The van der Waals surface area contributed by atoms with Gasteiger partial charge >= 0.3 is 12.1 Å². The molecule has 3 unspecified atom stereocenters. The molecule has 15 nitrogen and oxygen atoms in total. The summed E-state index contributed by atoms with van der Waals surface area (Å²) in [5.41, 5.74) is -2.78. The fraction of sp³-hybridized carbons (Fsp3) is 0.896. The number of hydrogen-bond acceptors (Lipinski definition) is 14. The van der Waals surface area contributed by atoms with Crippen LogP contribution in [0.2, 0.25) is 0 Å². The maximum absolute atomic E-state index is 14.2. The molecule has 6 amide bonds. The van der Waals surface area contributed by atoms with Crippen molar-refractivity contribution in [3.8, 4) is 0 Å². The molecule has 0 aliphatic carbocycles. The van der Waals surface area contributed by atoms with Crippen LogP contribution in [0.25, 0.3) is 0 Å². The van der Waals surface area contributed by atoms with E-state index in [-0.39, 0.29) is 52.6 Å². The Balaban J connectivity index is 2.01. The Morgan fingerprint density at radius 1 is 0.365 bits per heavy atom. The van der Waals surface area contributed by atoms with E-state index in [1.54, 1.807) is 27.7 Å². The molecule has 0 bridgehead atoms. The van der Waals surface area contributed by atoms with E-state index >= 15 is 0 Å².